The Morgan fingerprint density at radius 2 is 2.00 bits per heavy atom. The van der Waals surface area contributed by atoms with Crippen LogP contribution in [0.1, 0.15) is 17.3 Å². The highest BCUT2D eigenvalue weighted by Crippen LogP contribution is 2.20. The van der Waals surface area contributed by atoms with Crippen LogP contribution >= 0.6 is 0 Å². The van der Waals surface area contributed by atoms with Crippen molar-refractivity contribution in [1.29, 1.82) is 0 Å². The Hall–Kier alpha value is -1.79. The van der Waals surface area contributed by atoms with Gasteiger partial charge in [0.05, 0.1) is 5.56 Å². The molecule has 1 rings (SSSR count). The van der Waals surface area contributed by atoms with Gasteiger partial charge in [-0.15, -0.1) is 0 Å². The fraction of sp³-hybridized carbons (Fsp3) is 0.364. The summed E-state index contributed by atoms with van der Waals surface area (Å²) >= 11 is 0. The van der Waals surface area contributed by atoms with Crippen LogP contribution in [0.2, 0.25) is 0 Å². The third kappa shape index (κ3) is 3.61. The highest BCUT2D eigenvalue weighted by atomic mass is 19.4. The number of hydrogen-bond acceptors (Lipinski definition) is 2. The van der Waals surface area contributed by atoms with Gasteiger partial charge in [-0.25, -0.2) is 4.39 Å². The van der Waals surface area contributed by atoms with E-state index in [1.54, 1.807) is 0 Å². The molecule has 3 nitrogen and oxygen atoms in total. The summed E-state index contributed by atoms with van der Waals surface area (Å²) in [7, 11) is 0. The minimum absolute atomic E-state index is 0.0537. The van der Waals surface area contributed by atoms with Gasteiger partial charge in [-0.05, 0) is 25.1 Å². The zero-order valence-electron chi connectivity index (χ0n) is 9.59. The molecule has 0 aliphatic carbocycles. The van der Waals surface area contributed by atoms with E-state index in [2.05, 4.69) is 0 Å². The molecule has 0 spiro atoms. The zero-order chi connectivity index (χ0) is 13.9. The molecule has 18 heavy (non-hydrogen) atoms. The predicted octanol–water partition coefficient (Wildman–Crippen LogP) is 2.43. The lowest BCUT2D eigenvalue weighted by atomic mass is 10.1. The van der Waals surface area contributed by atoms with Gasteiger partial charge in [-0.1, -0.05) is 0 Å². The smallest absolute Gasteiger partial charge is 0.398 e. The average molecular weight is 264 g/mol. The van der Waals surface area contributed by atoms with Crippen molar-refractivity contribution in [2.45, 2.75) is 13.1 Å². The van der Waals surface area contributed by atoms with E-state index >= 15 is 0 Å². The minimum Gasteiger partial charge on any atom is -0.398 e. The maximum atomic E-state index is 13.0. The van der Waals surface area contributed by atoms with Crippen molar-refractivity contribution >= 4 is 11.6 Å². The number of hydrogen-bond donors (Lipinski definition) is 1. The summed E-state index contributed by atoms with van der Waals surface area (Å²) in [6.45, 7) is -0.133. The van der Waals surface area contributed by atoms with E-state index < -0.39 is 24.4 Å². The maximum absolute atomic E-state index is 13.0. The first-order chi connectivity index (χ1) is 8.24. The zero-order valence-corrected chi connectivity index (χ0v) is 9.59. The molecule has 0 heterocycles. The van der Waals surface area contributed by atoms with Crippen LogP contribution in [0.3, 0.4) is 0 Å². The molecule has 2 N–H and O–H groups in total. The van der Waals surface area contributed by atoms with Gasteiger partial charge in [0.15, 0.2) is 0 Å². The molecule has 0 radical (unpaired) electrons. The number of benzene rings is 1. The van der Waals surface area contributed by atoms with E-state index in [-0.39, 0.29) is 17.8 Å². The molecule has 1 aromatic carbocycles. The first-order valence-electron chi connectivity index (χ1n) is 5.15. The second kappa shape index (κ2) is 5.24. The SMILES string of the molecule is CCN(CC(F)(F)F)C(=O)c1cc(F)ccc1N. The van der Waals surface area contributed by atoms with Crippen LogP contribution in [0.25, 0.3) is 0 Å². The van der Waals surface area contributed by atoms with E-state index in [0.717, 1.165) is 18.2 Å². The molecule has 0 unspecified atom stereocenters. The molecule has 0 saturated carbocycles. The normalized spacial score (nSPS) is 11.4. The number of carbonyl (C=O) groups excluding carboxylic acids is 1. The molecule has 0 saturated heterocycles. The number of nitrogen functional groups attached to an aromatic ring is 1. The van der Waals surface area contributed by atoms with Crippen molar-refractivity contribution < 1.29 is 22.4 Å². The molecule has 100 valence electrons. The summed E-state index contributed by atoms with van der Waals surface area (Å²) in [6, 6.07) is 3.01. The Kier molecular flexibility index (Phi) is 4.15. The van der Waals surface area contributed by atoms with Crippen LogP contribution in [0.5, 0.6) is 0 Å². The molecule has 0 bridgehead atoms. The Balaban J connectivity index is 3.00. The van der Waals surface area contributed by atoms with Crippen LogP contribution in [-0.2, 0) is 0 Å². The summed E-state index contributed by atoms with van der Waals surface area (Å²) in [4.78, 5) is 12.4. The predicted molar refractivity (Wildman–Crippen MR) is 58.4 cm³/mol. The van der Waals surface area contributed by atoms with E-state index in [4.69, 9.17) is 5.73 Å². The van der Waals surface area contributed by atoms with Crippen LogP contribution in [-0.4, -0.2) is 30.1 Å². The van der Waals surface area contributed by atoms with Gasteiger partial charge in [-0.2, -0.15) is 13.2 Å². The average Bonchev–Trinajstić information content (AvgIpc) is 2.27. The molecular weight excluding hydrogens is 252 g/mol. The molecular formula is C11H12F4N2O. The van der Waals surface area contributed by atoms with Gasteiger partial charge in [0, 0.05) is 12.2 Å². The molecule has 1 aromatic rings. The quantitative estimate of drug-likeness (QED) is 0.673. The second-order valence-corrected chi connectivity index (χ2v) is 3.67. The molecule has 7 heteroatoms. The lowest BCUT2D eigenvalue weighted by Crippen LogP contribution is -2.39. The molecule has 0 aromatic heterocycles. The van der Waals surface area contributed by atoms with Gasteiger partial charge in [0.1, 0.15) is 12.4 Å². The Morgan fingerprint density at radius 3 is 2.50 bits per heavy atom. The molecule has 0 aliphatic heterocycles. The van der Waals surface area contributed by atoms with Crippen LogP contribution < -0.4 is 5.73 Å². The maximum Gasteiger partial charge on any atom is 0.406 e. The number of anilines is 1. The fourth-order valence-electron chi connectivity index (χ4n) is 1.43. The van der Waals surface area contributed by atoms with E-state index in [0.29, 0.717) is 4.90 Å². The first-order valence-corrected chi connectivity index (χ1v) is 5.15. The van der Waals surface area contributed by atoms with Crippen LogP contribution in [0.15, 0.2) is 18.2 Å². The van der Waals surface area contributed by atoms with Crippen molar-refractivity contribution in [3.63, 3.8) is 0 Å². The third-order valence-electron chi connectivity index (χ3n) is 2.28. The van der Waals surface area contributed by atoms with Gasteiger partial charge in [0.25, 0.3) is 5.91 Å². The molecule has 0 atom stereocenters. The highest BCUT2D eigenvalue weighted by Gasteiger charge is 2.33. The van der Waals surface area contributed by atoms with E-state index in [9.17, 15) is 22.4 Å². The van der Waals surface area contributed by atoms with E-state index in [1.165, 1.54) is 6.92 Å². The van der Waals surface area contributed by atoms with Crippen LogP contribution in [0, 0.1) is 5.82 Å². The monoisotopic (exact) mass is 264 g/mol. The Bertz CT molecular complexity index is 445. The topological polar surface area (TPSA) is 46.3 Å². The first kappa shape index (κ1) is 14.3. The van der Waals surface area contributed by atoms with Crippen LogP contribution in [0.4, 0.5) is 23.2 Å². The number of amides is 1. The number of halogens is 4. The summed E-state index contributed by atoms with van der Waals surface area (Å²) in [5, 5.41) is 0. The van der Waals surface area contributed by atoms with Gasteiger partial charge >= 0.3 is 6.18 Å². The van der Waals surface area contributed by atoms with Gasteiger partial charge < -0.3 is 10.6 Å². The number of rotatable bonds is 3. The summed E-state index contributed by atoms with van der Waals surface area (Å²) < 4.78 is 49.7. The Labute approximate surface area is 101 Å². The minimum atomic E-state index is -4.51. The molecule has 0 aliphatic rings. The Morgan fingerprint density at radius 1 is 1.39 bits per heavy atom. The lowest BCUT2D eigenvalue weighted by molar-refractivity contribution is -0.140. The third-order valence-corrected chi connectivity index (χ3v) is 2.28. The molecule has 0 fully saturated rings. The summed E-state index contributed by atoms with van der Waals surface area (Å²) in [5.74, 6) is -1.66. The lowest BCUT2D eigenvalue weighted by Gasteiger charge is -2.22. The number of carbonyl (C=O) groups is 1. The fourth-order valence-corrected chi connectivity index (χ4v) is 1.43. The summed E-state index contributed by atoms with van der Waals surface area (Å²) in [5.41, 5.74) is 5.13. The second-order valence-electron chi connectivity index (χ2n) is 3.67. The summed E-state index contributed by atoms with van der Waals surface area (Å²) in [6.07, 6.45) is -4.51. The van der Waals surface area contributed by atoms with Gasteiger partial charge in [-0.3, -0.25) is 4.79 Å². The van der Waals surface area contributed by atoms with Crippen molar-refractivity contribution in [1.82, 2.24) is 4.90 Å². The largest absolute Gasteiger partial charge is 0.406 e. The van der Waals surface area contributed by atoms with E-state index in [1.807, 2.05) is 0 Å². The van der Waals surface area contributed by atoms with Crippen molar-refractivity contribution in [3.05, 3.63) is 29.6 Å². The standard InChI is InChI=1S/C11H12F4N2O/c1-2-17(6-11(13,14)15)10(18)8-5-7(12)3-4-9(8)16/h3-5H,2,6,16H2,1H3. The number of nitrogens with two attached hydrogens (primary N) is 1. The van der Waals surface area contributed by atoms with Crippen molar-refractivity contribution in [3.8, 4) is 0 Å². The molecule has 1 amide bonds. The number of alkyl halides is 3. The van der Waals surface area contributed by atoms with Crippen molar-refractivity contribution in [2.24, 2.45) is 0 Å². The van der Waals surface area contributed by atoms with Crippen molar-refractivity contribution in [2.75, 3.05) is 18.8 Å². The highest BCUT2D eigenvalue weighted by molar-refractivity contribution is 5.99. The number of nitrogens with zero attached hydrogens (tertiary/aromatic N) is 1. The van der Waals surface area contributed by atoms with Gasteiger partial charge in [0.2, 0.25) is 0 Å².